The van der Waals surface area contributed by atoms with E-state index in [0.717, 1.165) is 24.8 Å². The molecule has 1 unspecified atom stereocenters. The largest absolute Gasteiger partial charge is 0.461 e. The Balaban J connectivity index is 2.07. The third kappa shape index (κ3) is 4.69. The third-order valence-electron chi connectivity index (χ3n) is 3.64. The maximum atomic E-state index is 12.0. The van der Waals surface area contributed by atoms with Crippen LogP contribution in [-0.4, -0.2) is 30.1 Å². The number of ether oxygens (including phenoxy) is 1. The van der Waals surface area contributed by atoms with Gasteiger partial charge in [0.25, 0.3) is 0 Å². The van der Waals surface area contributed by atoms with Crippen LogP contribution < -0.4 is 5.43 Å². The SMILES string of the molecule is CCOC(=O)/C(Cc1ccccc1)=N/NC1CCCCC1=O. The number of hydrazone groups is 1. The summed E-state index contributed by atoms with van der Waals surface area (Å²) in [5, 5.41) is 4.18. The van der Waals surface area contributed by atoms with Gasteiger partial charge in [0.2, 0.25) is 0 Å². The molecule has 1 aliphatic carbocycles. The Bertz CT molecular complexity index is 540. The maximum absolute atomic E-state index is 12.0. The summed E-state index contributed by atoms with van der Waals surface area (Å²) >= 11 is 0. The number of nitrogens with one attached hydrogen (secondary N) is 1. The summed E-state index contributed by atoms with van der Waals surface area (Å²) in [5.41, 5.74) is 4.14. The van der Waals surface area contributed by atoms with E-state index in [1.807, 2.05) is 30.3 Å². The number of Topliss-reactive ketones (excluding diaryl/α,β-unsaturated/α-hetero) is 1. The number of nitrogens with zero attached hydrogens (tertiary/aromatic N) is 1. The van der Waals surface area contributed by atoms with Crippen molar-refractivity contribution in [1.82, 2.24) is 5.43 Å². The molecule has 5 nitrogen and oxygen atoms in total. The minimum Gasteiger partial charge on any atom is -0.461 e. The topological polar surface area (TPSA) is 67.8 Å². The van der Waals surface area contributed by atoms with Gasteiger partial charge in [0.15, 0.2) is 5.78 Å². The van der Waals surface area contributed by atoms with E-state index >= 15 is 0 Å². The lowest BCUT2D eigenvalue weighted by atomic mass is 9.95. The van der Waals surface area contributed by atoms with Crippen LogP contribution in [0, 0.1) is 0 Å². The fourth-order valence-electron chi connectivity index (χ4n) is 2.44. The van der Waals surface area contributed by atoms with E-state index in [2.05, 4.69) is 10.5 Å². The normalized spacial score (nSPS) is 18.9. The van der Waals surface area contributed by atoms with Gasteiger partial charge in [-0.15, -0.1) is 0 Å². The van der Waals surface area contributed by atoms with Gasteiger partial charge in [-0.25, -0.2) is 4.79 Å². The molecule has 0 saturated heterocycles. The first-order chi connectivity index (χ1) is 10.7. The van der Waals surface area contributed by atoms with E-state index in [-0.39, 0.29) is 11.8 Å². The Hall–Kier alpha value is -2.17. The zero-order valence-corrected chi connectivity index (χ0v) is 12.9. The summed E-state index contributed by atoms with van der Waals surface area (Å²) in [6, 6.07) is 9.32. The van der Waals surface area contributed by atoms with Gasteiger partial charge in [0.05, 0.1) is 6.61 Å². The highest BCUT2D eigenvalue weighted by atomic mass is 16.5. The number of rotatable bonds is 6. The van der Waals surface area contributed by atoms with E-state index < -0.39 is 5.97 Å². The van der Waals surface area contributed by atoms with Gasteiger partial charge in [-0.05, 0) is 25.3 Å². The molecule has 0 spiro atoms. The van der Waals surface area contributed by atoms with Gasteiger partial charge in [0.1, 0.15) is 11.8 Å². The summed E-state index contributed by atoms with van der Waals surface area (Å²) in [6.07, 6.45) is 3.68. The average Bonchev–Trinajstić information content (AvgIpc) is 2.54. The molecule has 1 aliphatic rings. The molecule has 0 heterocycles. The molecule has 5 heteroatoms. The fraction of sp³-hybridized carbons (Fsp3) is 0.471. The van der Waals surface area contributed by atoms with Crippen LogP contribution in [0.15, 0.2) is 35.4 Å². The van der Waals surface area contributed by atoms with E-state index in [1.165, 1.54) is 0 Å². The van der Waals surface area contributed by atoms with Crippen molar-refractivity contribution in [3.8, 4) is 0 Å². The number of carbonyl (C=O) groups excluding carboxylic acids is 2. The predicted molar refractivity (Wildman–Crippen MR) is 84.6 cm³/mol. The fourth-order valence-corrected chi connectivity index (χ4v) is 2.44. The van der Waals surface area contributed by atoms with Crippen LogP contribution in [0.25, 0.3) is 0 Å². The molecule has 1 atom stereocenters. The predicted octanol–water partition coefficient (Wildman–Crippen LogP) is 2.25. The Morgan fingerprint density at radius 2 is 2.09 bits per heavy atom. The molecule has 1 fully saturated rings. The average molecular weight is 302 g/mol. The van der Waals surface area contributed by atoms with Gasteiger partial charge >= 0.3 is 5.97 Å². The zero-order chi connectivity index (χ0) is 15.8. The van der Waals surface area contributed by atoms with Gasteiger partial charge in [-0.3, -0.25) is 10.2 Å². The van der Waals surface area contributed by atoms with Crippen LogP contribution in [0.3, 0.4) is 0 Å². The first kappa shape index (κ1) is 16.2. The Kier molecular flexibility index (Phi) is 6.13. The minimum absolute atomic E-state index is 0.165. The minimum atomic E-state index is -0.442. The van der Waals surface area contributed by atoms with Crippen molar-refractivity contribution in [2.24, 2.45) is 5.10 Å². The van der Waals surface area contributed by atoms with E-state index in [0.29, 0.717) is 25.2 Å². The number of carbonyl (C=O) groups is 2. The Labute approximate surface area is 130 Å². The van der Waals surface area contributed by atoms with Crippen LogP contribution in [0.5, 0.6) is 0 Å². The van der Waals surface area contributed by atoms with E-state index in [1.54, 1.807) is 6.92 Å². The number of benzene rings is 1. The Morgan fingerprint density at radius 3 is 2.77 bits per heavy atom. The van der Waals surface area contributed by atoms with Gasteiger partial charge in [-0.1, -0.05) is 36.8 Å². The van der Waals surface area contributed by atoms with Crippen molar-refractivity contribution in [2.75, 3.05) is 6.61 Å². The Morgan fingerprint density at radius 1 is 1.32 bits per heavy atom. The van der Waals surface area contributed by atoms with Crippen LogP contribution in [0.4, 0.5) is 0 Å². The molecule has 22 heavy (non-hydrogen) atoms. The summed E-state index contributed by atoms with van der Waals surface area (Å²) in [5.74, 6) is -0.278. The number of ketones is 1. The van der Waals surface area contributed by atoms with Crippen molar-refractivity contribution < 1.29 is 14.3 Å². The van der Waals surface area contributed by atoms with Crippen molar-refractivity contribution in [3.05, 3.63) is 35.9 Å². The molecule has 0 aromatic heterocycles. The third-order valence-corrected chi connectivity index (χ3v) is 3.64. The lowest BCUT2D eigenvalue weighted by Crippen LogP contribution is -2.37. The lowest BCUT2D eigenvalue weighted by Gasteiger charge is -2.20. The first-order valence-corrected chi connectivity index (χ1v) is 7.76. The summed E-state index contributed by atoms with van der Waals surface area (Å²) in [4.78, 5) is 23.8. The molecular weight excluding hydrogens is 280 g/mol. The number of hydrogen-bond acceptors (Lipinski definition) is 5. The second kappa shape index (κ2) is 8.32. The second-order valence-electron chi connectivity index (χ2n) is 5.34. The molecule has 1 aromatic carbocycles. The smallest absolute Gasteiger partial charge is 0.354 e. The van der Waals surface area contributed by atoms with Crippen LogP contribution in [0.2, 0.25) is 0 Å². The van der Waals surface area contributed by atoms with Crippen LogP contribution in [-0.2, 0) is 20.7 Å². The summed E-state index contributed by atoms with van der Waals surface area (Å²) in [7, 11) is 0. The summed E-state index contributed by atoms with van der Waals surface area (Å²) < 4.78 is 5.05. The number of hydrogen-bond donors (Lipinski definition) is 1. The molecule has 0 bridgehead atoms. The van der Waals surface area contributed by atoms with Crippen LogP contribution in [0.1, 0.15) is 38.2 Å². The molecule has 1 N–H and O–H groups in total. The quantitative estimate of drug-likeness (QED) is 0.497. The molecule has 0 aliphatic heterocycles. The highest BCUT2D eigenvalue weighted by molar-refractivity contribution is 6.36. The zero-order valence-electron chi connectivity index (χ0n) is 12.9. The van der Waals surface area contributed by atoms with E-state index in [9.17, 15) is 9.59 Å². The highest BCUT2D eigenvalue weighted by Crippen LogP contribution is 2.14. The molecule has 118 valence electrons. The van der Waals surface area contributed by atoms with Gasteiger partial charge < -0.3 is 4.74 Å². The van der Waals surface area contributed by atoms with Crippen molar-refractivity contribution >= 4 is 17.5 Å². The lowest BCUT2D eigenvalue weighted by molar-refractivity contribution is -0.135. The molecule has 2 rings (SSSR count). The van der Waals surface area contributed by atoms with Crippen molar-refractivity contribution in [1.29, 1.82) is 0 Å². The highest BCUT2D eigenvalue weighted by Gasteiger charge is 2.22. The standard InChI is InChI=1S/C17H22N2O3/c1-2-22-17(21)15(12-13-8-4-3-5-9-13)19-18-14-10-6-7-11-16(14)20/h3-5,8-9,14,18H,2,6-7,10-12H2,1H3/b19-15+. The second-order valence-corrected chi connectivity index (χ2v) is 5.34. The van der Waals surface area contributed by atoms with Crippen molar-refractivity contribution in [2.45, 2.75) is 45.1 Å². The molecule has 1 aromatic rings. The monoisotopic (exact) mass is 302 g/mol. The summed E-state index contributed by atoms with van der Waals surface area (Å²) in [6.45, 7) is 2.06. The first-order valence-electron chi connectivity index (χ1n) is 7.76. The van der Waals surface area contributed by atoms with Gasteiger partial charge in [-0.2, -0.15) is 5.10 Å². The molecule has 0 amide bonds. The molecule has 0 radical (unpaired) electrons. The van der Waals surface area contributed by atoms with Crippen LogP contribution >= 0.6 is 0 Å². The van der Waals surface area contributed by atoms with Gasteiger partial charge in [0, 0.05) is 12.8 Å². The maximum Gasteiger partial charge on any atom is 0.354 e. The molecular formula is C17H22N2O3. The molecule has 1 saturated carbocycles. The number of esters is 1. The van der Waals surface area contributed by atoms with E-state index in [4.69, 9.17) is 4.74 Å². The van der Waals surface area contributed by atoms with Crippen molar-refractivity contribution in [3.63, 3.8) is 0 Å².